The Labute approximate surface area is 218 Å². The van der Waals surface area contributed by atoms with Gasteiger partial charge in [-0.2, -0.15) is 4.98 Å². The molecule has 1 aliphatic rings. The number of benzene rings is 1. The lowest BCUT2D eigenvalue weighted by Crippen LogP contribution is -2.49. The van der Waals surface area contributed by atoms with Gasteiger partial charge >= 0.3 is 0 Å². The zero-order valence-corrected chi connectivity index (χ0v) is 21.4. The minimum Gasteiger partial charge on any atom is -0.354 e. The first-order valence-electron chi connectivity index (χ1n) is 12.2. The van der Waals surface area contributed by atoms with E-state index in [1.54, 1.807) is 40.2 Å². The highest BCUT2D eigenvalue weighted by molar-refractivity contribution is 6.33. The molecule has 4 aromatic rings. The maximum Gasteiger partial charge on any atom is 0.260 e. The van der Waals surface area contributed by atoms with Gasteiger partial charge in [0.1, 0.15) is 5.65 Å². The lowest BCUT2D eigenvalue weighted by Gasteiger charge is -2.27. The maximum absolute atomic E-state index is 13.8. The summed E-state index contributed by atoms with van der Waals surface area (Å²) >= 11 is 6.72. The van der Waals surface area contributed by atoms with Crippen molar-refractivity contribution >= 4 is 34.5 Å². The van der Waals surface area contributed by atoms with E-state index in [9.17, 15) is 9.59 Å². The van der Waals surface area contributed by atoms with Crippen molar-refractivity contribution in [2.75, 3.05) is 38.0 Å². The summed E-state index contributed by atoms with van der Waals surface area (Å²) in [5, 5.41) is 7.29. The molecule has 5 rings (SSSR count). The SMILES string of the molecule is CCNc1ncc2cc(-c3ccc(-c4cncc(C)n4)cc3Cl)c(=O)n(CCN3CCNCC3=O)c2n1. The highest BCUT2D eigenvalue weighted by atomic mass is 35.5. The first-order chi connectivity index (χ1) is 17.9. The average Bonchev–Trinajstić information content (AvgIpc) is 2.89. The van der Waals surface area contributed by atoms with Crippen molar-refractivity contribution in [3.05, 3.63) is 63.9 Å². The first kappa shape index (κ1) is 24.8. The Bertz CT molecular complexity index is 1540. The Kier molecular flexibility index (Phi) is 7.11. The largest absolute Gasteiger partial charge is 0.354 e. The number of aromatic nitrogens is 5. The molecule has 4 heterocycles. The van der Waals surface area contributed by atoms with E-state index in [1.165, 1.54) is 0 Å². The van der Waals surface area contributed by atoms with Crippen LogP contribution in [0.4, 0.5) is 5.95 Å². The van der Waals surface area contributed by atoms with E-state index in [2.05, 4.69) is 30.6 Å². The van der Waals surface area contributed by atoms with Gasteiger partial charge in [0.05, 0.1) is 24.1 Å². The second-order valence-corrected chi connectivity index (χ2v) is 9.22. The lowest BCUT2D eigenvalue weighted by atomic mass is 10.0. The monoisotopic (exact) mass is 518 g/mol. The van der Waals surface area contributed by atoms with Crippen molar-refractivity contribution in [2.45, 2.75) is 20.4 Å². The normalized spacial score (nSPS) is 13.8. The van der Waals surface area contributed by atoms with Gasteiger partial charge in [-0.05, 0) is 26.0 Å². The highest BCUT2D eigenvalue weighted by Crippen LogP contribution is 2.31. The van der Waals surface area contributed by atoms with Crippen molar-refractivity contribution in [3.8, 4) is 22.4 Å². The van der Waals surface area contributed by atoms with Crippen LogP contribution >= 0.6 is 11.6 Å². The Morgan fingerprint density at radius 1 is 1.08 bits per heavy atom. The van der Waals surface area contributed by atoms with Crippen LogP contribution in [0, 0.1) is 6.92 Å². The molecule has 190 valence electrons. The van der Waals surface area contributed by atoms with E-state index >= 15 is 0 Å². The standard InChI is InChI=1S/C26H27ClN8O2/c1-3-30-26-31-13-18-10-20(19-5-4-17(11-21(19)27)22-14-29-12-16(2)32-22)25(37)35(24(18)33-26)9-8-34-7-6-28-15-23(34)36/h4-5,10-14,28H,3,6-9,15H2,1-2H3,(H,30,31,33). The predicted molar refractivity (Wildman–Crippen MR) is 144 cm³/mol. The van der Waals surface area contributed by atoms with Gasteiger partial charge < -0.3 is 15.5 Å². The third-order valence-corrected chi connectivity index (χ3v) is 6.57. The number of nitrogens with one attached hydrogen (secondary N) is 2. The quantitative estimate of drug-likeness (QED) is 0.383. The summed E-state index contributed by atoms with van der Waals surface area (Å²) < 4.78 is 1.61. The number of fused-ring (bicyclic) bond motifs is 1. The number of halogens is 1. The molecule has 37 heavy (non-hydrogen) atoms. The van der Waals surface area contributed by atoms with Gasteiger partial charge in [-0.3, -0.25) is 19.1 Å². The summed E-state index contributed by atoms with van der Waals surface area (Å²) in [7, 11) is 0. The molecule has 0 saturated carbocycles. The second kappa shape index (κ2) is 10.6. The molecule has 2 N–H and O–H groups in total. The third-order valence-electron chi connectivity index (χ3n) is 6.25. The topological polar surface area (TPSA) is 118 Å². The zero-order chi connectivity index (χ0) is 25.9. The van der Waals surface area contributed by atoms with Crippen LogP contribution in [-0.2, 0) is 11.3 Å². The van der Waals surface area contributed by atoms with Crippen molar-refractivity contribution in [2.24, 2.45) is 0 Å². The molecule has 1 aliphatic heterocycles. The van der Waals surface area contributed by atoms with E-state index in [-0.39, 0.29) is 11.5 Å². The molecule has 11 heteroatoms. The summed E-state index contributed by atoms with van der Waals surface area (Å²) in [6.07, 6.45) is 5.06. The molecular formula is C26H27ClN8O2. The van der Waals surface area contributed by atoms with E-state index in [4.69, 9.17) is 11.6 Å². The molecule has 1 saturated heterocycles. The Balaban J connectivity index is 1.59. The summed E-state index contributed by atoms with van der Waals surface area (Å²) in [5.41, 5.74) is 3.61. The smallest absolute Gasteiger partial charge is 0.260 e. The number of carbonyl (C=O) groups is 1. The average molecular weight is 519 g/mol. The molecule has 1 aromatic carbocycles. The fourth-order valence-electron chi connectivity index (χ4n) is 4.40. The van der Waals surface area contributed by atoms with E-state index in [0.29, 0.717) is 71.5 Å². The number of nitrogens with zero attached hydrogens (tertiary/aromatic N) is 6. The van der Waals surface area contributed by atoms with Gasteiger partial charge in [0.15, 0.2) is 0 Å². The predicted octanol–water partition coefficient (Wildman–Crippen LogP) is 2.74. The molecular weight excluding hydrogens is 492 g/mol. The fraction of sp³-hybridized carbons (Fsp3) is 0.308. The van der Waals surface area contributed by atoms with Crippen LogP contribution in [0.5, 0.6) is 0 Å². The number of pyridine rings is 1. The summed E-state index contributed by atoms with van der Waals surface area (Å²) in [6.45, 7) is 6.80. The van der Waals surface area contributed by atoms with Crippen LogP contribution in [0.2, 0.25) is 5.02 Å². The minimum atomic E-state index is -0.235. The van der Waals surface area contributed by atoms with Gasteiger partial charge in [0.2, 0.25) is 11.9 Å². The highest BCUT2D eigenvalue weighted by Gasteiger charge is 2.20. The number of piperazine rings is 1. The molecule has 0 radical (unpaired) electrons. The Morgan fingerprint density at radius 2 is 1.95 bits per heavy atom. The van der Waals surface area contributed by atoms with Gasteiger partial charge in [-0.25, -0.2) is 9.97 Å². The number of hydrogen-bond donors (Lipinski definition) is 2. The molecule has 0 aliphatic carbocycles. The Hall–Kier alpha value is -3.89. The summed E-state index contributed by atoms with van der Waals surface area (Å²) in [4.78, 5) is 45.6. The fourth-order valence-corrected chi connectivity index (χ4v) is 4.68. The van der Waals surface area contributed by atoms with Crippen LogP contribution in [0.15, 0.2) is 47.7 Å². The zero-order valence-electron chi connectivity index (χ0n) is 20.7. The molecule has 1 amide bonds. The van der Waals surface area contributed by atoms with Gasteiger partial charge in [0.25, 0.3) is 5.56 Å². The van der Waals surface area contributed by atoms with Crippen molar-refractivity contribution in [1.82, 2.24) is 34.7 Å². The van der Waals surface area contributed by atoms with Crippen molar-refractivity contribution in [3.63, 3.8) is 0 Å². The van der Waals surface area contributed by atoms with Crippen molar-refractivity contribution < 1.29 is 4.79 Å². The minimum absolute atomic E-state index is 0.0144. The first-order valence-corrected chi connectivity index (χ1v) is 12.5. The maximum atomic E-state index is 13.8. The Morgan fingerprint density at radius 3 is 2.70 bits per heavy atom. The van der Waals surface area contributed by atoms with Crippen molar-refractivity contribution in [1.29, 1.82) is 0 Å². The molecule has 10 nitrogen and oxygen atoms in total. The van der Waals surface area contributed by atoms with Gasteiger partial charge in [0, 0.05) is 72.2 Å². The molecule has 0 spiro atoms. The van der Waals surface area contributed by atoms with Crippen LogP contribution in [0.3, 0.4) is 0 Å². The number of carbonyl (C=O) groups excluding carboxylic acids is 1. The van der Waals surface area contributed by atoms with E-state index in [1.807, 2.05) is 26.0 Å². The number of hydrogen-bond acceptors (Lipinski definition) is 8. The molecule has 3 aromatic heterocycles. The summed E-state index contributed by atoms with van der Waals surface area (Å²) in [6, 6.07) is 7.26. The molecule has 0 unspecified atom stereocenters. The number of rotatable bonds is 7. The number of aryl methyl sites for hydroxylation is 1. The molecule has 0 bridgehead atoms. The van der Waals surface area contributed by atoms with E-state index < -0.39 is 0 Å². The number of anilines is 1. The van der Waals surface area contributed by atoms with Crippen LogP contribution in [0.1, 0.15) is 12.6 Å². The molecule has 0 atom stereocenters. The van der Waals surface area contributed by atoms with Crippen LogP contribution < -0.4 is 16.2 Å². The molecule has 1 fully saturated rings. The lowest BCUT2D eigenvalue weighted by molar-refractivity contribution is -0.132. The van der Waals surface area contributed by atoms with Gasteiger partial charge in [-0.15, -0.1) is 0 Å². The van der Waals surface area contributed by atoms with Gasteiger partial charge in [-0.1, -0.05) is 23.7 Å². The summed E-state index contributed by atoms with van der Waals surface area (Å²) in [5.74, 6) is 0.455. The second-order valence-electron chi connectivity index (χ2n) is 8.82. The number of amides is 1. The van der Waals surface area contributed by atoms with Crippen LogP contribution in [-0.4, -0.2) is 68.0 Å². The van der Waals surface area contributed by atoms with Crippen LogP contribution in [0.25, 0.3) is 33.4 Å². The third kappa shape index (κ3) is 5.16. The van der Waals surface area contributed by atoms with E-state index in [0.717, 1.165) is 17.8 Å².